The van der Waals surface area contributed by atoms with E-state index < -0.39 is 11.7 Å². The molecule has 1 N–H and O–H groups in total. The summed E-state index contributed by atoms with van der Waals surface area (Å²) in [4.78, 5) is 14.0. The molecule has 26 heavy (non-hydrogen) atoms. The third-order valence-corrected chi connectivity index (χ3v) is 5.15. The third kappa shape index (κ3) is 4.63. The Labute approximate surface area is 161 Å². The van der Waals surface area contributed by atoms with Crippen LogP contribution in [0.15, 0.2) is 6.07 Å². The molecule has 2 rings (SSSR count). The number of methoxy groups -OCH3 is 1. The van der Waals surface area contributed by atoms with Crippen LogP contribution in [-0.2, 0) is 4.74 Å². The van der Waals surface area contributed by atoms with Gasteiger partial charge in [0.25, 0.3) is 0 Å². The van der Waals surface area contributed by atoms with Gasteiger partial charge in [-0.3, -0.25) is 0 Å². The maximum Gasteiger partial charge on any atom is 0.410 e. The molecular formula is C20H30ClNO4. The lowest BCUT2D eigenvalue weighted by atomic mass is 9.84. The van der Waals surface area contributed by atoms with E-state index >= 15 is 0 Å². The molecule has 0 aromatic heterocycles. The lowest BCUT2D eigenvalue weighted by Gasteiger charge is -2.35. The Kier molecular flexibility index (Phi) is 6.46. The van der Waals surface area contributed by atoms with Gasteiger partial charge in [0.2, 0.25) is 0 Å². The zero-order valence-electron chi connectivity index (χ0n) is 16.6. The minimum atomic E-state index is -0.663. The fourth-order valence-electron chi connectivity index (χ4n) is 3.47. The number of likely N-dealkylation sites (tertiary alicyclic amines) is 1. The van der Waals surface area contributed by atoms with Crippen molar-refractivity contribution in [1.82, 2.24) is 4.90 Å². The highest BCUT2D eigenvalue weighted by molar-refractivity contribution is 6.31. The zero-order valence-corrected chi connectivity index (χ0v) is 17.3. The van der Waals surface area contributed by atoms with Crippen molar-refractivity contribution < 1.29 is 19.4 Å². The predicted molar refractivity (Wildman–Crippen MR) is 103 cm³/mol. The molecule has 1 aromatic carbocycles. The van der Waals surface area contributed by atoms with Crippen LogP contribution >= 0.6 is 11.6 Å². The number of hydrogen-bond acceptors (Lipinski definition) is 4. The standard InChI is InChI=1S/C20H30ClNO4/c1-12-16(21)11-15(13(2)23)18(25-6)17(12)14-7-9-22(10-8-14)19(24)26-20(3,4)5/h11,13-14,23H,7-10H2,1-6H3. The zero-order chi connectivity index (χ0) is 19.6. The second-order valence-corrected chi connectivity index (χ2v) is 8.34. The molecule has 1 amide bonds. The van der Waals surface area contributed by atoms with Gasteiger partial charge >= 0.3 is 6.09 Å². The third-order valence-electron chi connectivity index (χ3n) is 4.76. The summed E-state index contributed by atoms with van der Waals surface area (Å²) in [7, 11) is 1.62. The van der Waals surface area contributed by atoms with E-state index in [0.29, 0.717) is 29.4 Å². The highest BCUT2D eigenvalue weighted by Crippen LogP contribution is 2.43. The molecule has 0 aliphatic carbocycles. The molecule has 0 saturated carbocycles. The fraction of sp³-hybridized carbons (Fsp3) is 0.650. The fourth-order valence-corrected chi connectivity index (χ4v) is 3.69. The van der Waals surface area contributed by atoms with Crippen LogP contribution < -0.4 is 4.74 Å². The number of rotatable bonds is 3. The Hall–Kier alpha value is -1.46. The first-order valence-corrected chi connectivity index (χ1v) is 9.45. The summed E-state index contributed by atoms with van der Waals surface area (Å²) >= 11 is 6.41. The molecule has 1 aromatic rings. The molecule has 1 aliphatic rings. The van der Waals surface area contributed by atoms with Crippen LogP contribution in [-0.4, -0.2) is 41.9 Å². The van der Waals surface area contributed by atoms with Crippen LogP contribution in [0.4, 0.5) is 4.79 Å². The van der Waals surface area contributed by atoms with Crippen molar-refractivity contribution in [2.24, 2.45) is 0 Å². The molecule has 0 bridgehead atoms. The summed E-state index contributed by atoms with van der Waals surface area (Å²) in [6, 6.07) is 1.78. The number of nitrogens with zero attached hydrogens (tertiary/aromatic N) is 1. The van der Waals surface area contributed by atoms with Crippen LogP contribution in [0.1, 0.15) is 69.2 Å². The number of piperidine rings is 1. The molecule has 1 unspecified atom stereocenters. The molecule has 0 radical (unpaired) electrons. The molecule has 1 aliphatic heterocycles. The lowest BCUT2D eigenvalue weighted by Crippen LogP contribution is -2.41. The molecule has 6 heteroatoms. The van der Waals surface area contributed by atoms with Crippen molar-refractivity contribution in [3.8, 4) is 5.75 Å². The van der Waals surface area contributed by atoms with Crippen molar-refractivity contribution in [2.45, 2.75) is 65.1 Å². The van der Waals surface area contributed by atoms with Gasteiger partial charge in [0, 0.05) is 29.2 Å². The molecule has 1 atom stereocenters. The van der Waals surface area contributed by atoms with Crippen LogP contribution in [0.25, 0.3) is 0 Å². The molecule has 146 valence electrons. The minimum Gasteiger partial charge on any atom is -0.496 e. The summed E-state index contributed by atoms with van der Waals surface area (Å²) in [5.74, 6) is 0.928. The Balaban J connectivity index is 2.23. The number of hydrogen-bond donors (Lipinski definition) is 1. The van der Waals surface area contributed by atoms with E-state index in [2.05, 4.69) is 0 Å². The largest absolute Gasteiger partial charge is 0.496 e. The monoisotopic (exact) mass is 383 g/mol. The first-order chi connectivity index (χ1) is 12.0. The van der Waals surface area contributed by atoms with Crippen LogP contribution in [0.5, 0.6) is 5.75 Å². The van der Waals surface area contributed by atoms with Crippen molar-refractivity contribution in [1.29, 1.82) is 0 Å². The average Bonchev–Trinajstić information content (AvgIpc) is 2.55. The van der Waals surface area contributed by atoms with Gasteiger partial charge in [-0.05, 0) is 65.0 Å². The summed E-state index contributed by atoms with van der Waals surface area (Å²) < 4.78 is 11.1. The highest BCUT2D eigenvalue weighted by atomic mass is 35.5. The normalized spacial score (nSPS) is 17.2. The maximum absolute atomic E-state index is 12.3. The van der Waals surface area contributed by atoms with Gasteiger partial charge in [-0.2, -0.15) is 0 Å². The van der Waals surface area contributed by atoms with Crippen LogP contribution in [0.2, 0.25) is 5.02 Å². The van der Waals surface area contributed by atoms with E-state index in [-0.39, 0.29) is 12.0 Å². The van der Waals surface area contributed by atoms with Gasteiger partial charge in [0.1, 0.15) is 11.4 Å². The van der Waals surface area contributed by atoms with E-state index in [1.807, 2.05) is 27.7 Å². The average molecular weight is 384 g/mol. The molecule has 1 saturated heterocycles. The van der Waals surface area contributed by atoms with Gasteiger partial charge in [-0.1, -0.05) is 11.6 Å². The van der Waals surface area contributed by atoms with Crippen molar-refractivity contribution >= 4 is 17.7 Å². The van der Waals surface area contributed by atoms with Gasteiger partial charge in [0.15, 0.2) is 0 Å². The first-order valence-electron chi connectivity index (χ1n) is 9.08. The quantitative estimate of drug-likeness (QED) is 0.812. The molecule has 1 heterocycles. The topological polar surface area (TPSA) is 59.0 Å². The van der Waals surface area contributed by atoms with Crippen molar-refractivity contribution in [2.75, 3.05) is 20.2 Å². The summed E-state index contributed by atoms with van der Waals surface area (Å²) in [5.41, 5.74) is 2.23. The number of ether oxygens (including phenoxy) is 2. The first kappa shape index (κ1) is 20.8. The number of benzene rings is 1. The maximum atomic E-state index is 12.3. The van der Waals surface area contributed by atoms with Gasteiger partial charge in [-0.15, -0.1) is 0 Å². The van der Waals surface area contributed by atoms with Gasteiger partial charge < -0.3 is 19.5 Å². The van der Waals surface area contributed by atoms with Crippen molar-refractivity contribution in [3.05, 3.63) is 27.8 Å². The van der Waals surface area contributed by atoms with Crippen molar-refractivity contribution in [3.63, 3.8) is 0 Å². The van der Waals surface area contributed by atoms with E-state index in [4.69, 9.17) is 21.1 Å². The highest BCUT2D eigenvalue weighted by Gasteiger charge is 2.31. The predicted octanol–water partition coefficient (Wildman–Crippen LogP) is 4.82. The van der Waals surface area contributed by atoms with E-state index in [0.717, 1.165) is 24.0 Å². The van der Waals surface area contributed by atoms with E-state index in [9.17, 15) is 9.90 Å². The van der Waals surface area contributed by atoms with Crippen LogP contribution in [0, 0.1) is 6.92 Å². The SMILES string of the molecule is COc1c(C(C)O)cc(Cl)c(C)c1C1CCN(C(=O)OC(C)(C)C)CC1. The van der Waals surface area contributed by atoms with Gasteiger partial charge in [0.05, 0.1) is 13.2 Å². The Bertz CT molecular complexity index is 659. The number of carbonyl (C=O) groups is 1. The van der Waals surface area contributed by atoms with Gasteiger partial charge in [-0.25, -0.2) is 4.79 Å². The number of aliphatic hydroxyl groups is 1. The molecule has 5 nitrogen and oxygen atoms in total. The molecule has 1 fully saturated rings. The smallest absolute Gasteiger partial charge is 0.410 e. The Morgan fingerprint density at radius 2 is 1.92 bits per heavy atom. The van der Waals surface area contributed by atoms with E-state index in [1.54, 1.807) is 25.0 Å². The second kappa shape index (κ2) is 8.05. The van der Waals surface area contributed by atoms with Crippen LogP contribution in [0.3, 0.4) is 0 Å². The molecule has 0 spiro atoms. The minimum absolute atomic E-state index is 0.222. The number of halogens is 1. The number of amides is 1. The summed E-state index contributed by atoms with van der Waals surface area (Å²) in [6.07, 6.45) is 0.672. The Morgan fingerprint density at radius 1 is 1.35 bits per heavy atom. The number of aliphatic hydroxyl groups excluding tert-OH is 1. The summed E-state index contributed by atoms with van der Waals surface area (Å²) in [5, 5.41) is 10.7. The lowest BCUT2D eigenvalue weighted by molar-refractivity contribution is 0.0204. The second-order valence-electron chi connectivity index (χ2n) is 7.94. The molecular weight excluding hydrogens is 354 g/mol. The number of carbonyl (C=O) groups excluding carboxylic acids is 1. The van der Waals surface area contributed by atoms with E-state index in [1.165, 1.54) is 0 Å². The summed E-state index contributed by atoms with van der Waals surface area (Å²) in [6.45, 7) is 10.5. The Morgan fingerprint density at radius 3 is 2.38 bits per heavy atom.